The number of nitrogens with zero attached hydrogens (tertiary/aromatic N) is 3. The van der Waals surface area contributed by atoms with Crippen LogP contribution in [0.2, 0.25) is 0 Å². The van der Waals surface area contributed by atoms with E-state index in [1.165, 1.54) is 12.0 Å². The van der Waals surface area contributed by atoms with Crippen LogP contribution in [0.15, 0.2) is 18.2 Å². The zero-order chi connectivity index (χ0) is 24.8. The number of hydrogen-bond acceptors (Lipinski definition) is 7. The molecule has 9 nitrogen and oxygen atoms in total. The molecule has 5 atom stereocenters. The normalized spacial score (nSPS) is 29.2. The highest BCUT2D eigenvalue weighted by molar-refractivity contribution is 5.97. The lowest BCUT2D eigenvalue weighted by atomic mass is 9.98. The molecule has 0 unspecified atom stereocenters. The minimum Gasteiger partial charge on any atom is -0.489 e. The van der Waals surface area contributed by atoms with Crippen molar-refractivity contribution in [1.82, 2.24) is 9.80 Å². The van der Waals surface area contributed by atoms with Gasteiger partial charge in [-0.2, -0.15) is 5.26 Å². The molecule has 9 heteroatoms. The molecule has 2 heterocycles. The molecule has 0 radical (unpaired) electrons. The number of rotatable bonds is 2. The summed E-state index contributed by atoms with van der Waals surface area (Å²) in [7, 11) is 6.61. The summed E-state index contributed by atoms with van der Waals surface area (Å²) in [6, 6.07) is 7.04. The molecule has 1 aromatic carbocycles. The summed E-state index contributed by atoms with van der Waals surface area (Å²) in [6.45, 7) is 2.72. The first-order chi connectivity index (χ1) is 16.3. The molecule has 3 rings (SSSR count). The Hall–Kier alpha value is -2.67. The number of carbonyl (C=O) groups is 2. The van der Waals surface area contributed by atoms with Gasteiger partial charge in [-0.3, -0.25) is 9.59 Å². The number of methoxy groups -OCH3 is 2. The van der Waals surface area contributed by atoms with Gasteiger partial charge < -0.3 is 28.7 Å². The van der Waals surface area contributed by atoms with Crippen LogP contribution in [0, 0.1) is 17.2 Å². The predicted octanol–water partition coefficient (Wildman–Crippen LogP) is 2.08. The number of para-hydroxylation sites is 1. The summed E-state index contributed by atoms with van der Waals surface area (Å²) >= 11 is 0. The second kappa shape index (κ2) is 11.6. The van der Waals surface area contributed by atoms with Gasteiger partial charge in [0.25, 0.3) is 5.91 Å². The van der Waals surface area contributed by atoms with Crippen molar-refractivity contribution < 1.29 is 28.5 Å². The number of fused-ring (bicyclic) bond motifs is 3. The van der Waals surface area contributed by atoms with Gasteiger partial charge in [0.15, 0.2) is 0 Å². The summed E-state index contributed by atoms with van der Waals surface area (Å²) in [5.74, 6) is -0.582. The third-order valence-electron chi connectivity index (χ3n) is 6.83. The van der Waals surface area contributed by atoms with Crippen LogP contribution in [0.3, 0.4) is 0 Å². The Labute approximate surface area is 201 Å². The summed E-state index contributed by atoms with van der Waals surface area (Å²) in [4.78, 5) is 29.7. The van der Waals surface area contributed by atoms with E-state index in [1.54, 1.807) is 44.3 Å². The maximum atomic E-state index is 13.4. The molecule has 2 amide bonds. The van der Waals surface area contributed by atoms with E-state index >= 15 is 0 Å². The largest absolute Gasteiger partial charge is 0.489 e. The Balaban J connectivity index is 1.98. The Bertz CT molecular complexity index is 916. The first-order valence-corrected chi connectivity index (χ1v) is 11.7. The van der Waals surface area contributed by atoms with Crippen molar-refractivity contribution in [3.63, 3.8) is 0 Å². The quantitative estimate of drug-likeness (QED) is 0.648. The van der Waals surface area contributed by atoms with E-state index in [0.29, 0.717) is 13.0 Å². The monoisotopic (exact) mass is 473 g/mol. The number of amides is 2. The van der Waals surface area contributed by atoms with E-state index in [2.05, 4.69) is 6.07 Å². The Kier molecular flexibility index (Phi) is 8.89. The standard InChI is InChI=1S/C25H35N3O6/c1-16-21(32-5)14-28(3)25(30)19-8-6-7-17(13-26)23(19)33-15-22-20(31-4)10-9-18(34-22)11-12-27(2)24(16)29/h6-8,16,18,20-22H,9-12,14-15H2,1-5H3/t16-,18+,20-,21+,22-/m0/s1. The first-order valence-electron chi connectivity index (χ1n) is 11.7. The van der Waals surface area contributed by atoms with Crippen LogP contribution < -0.4 is 4.74 Å². The molecule has 34 heavy (non-hydrogen) atoms. The molecule has 0 spiro atoms. The van der Waals surface area contributed by atoms with E-state index < -0.39 is 12.0 Å². The van der Waals surface area contributed by atoms with E-state index in [1.807, 2.05) is 6.92 Å². The van der Waals surface area contributed by atoms with Crippen molar-refractivity contribution in [2.45, 2.75) is 50.6 Å². The Morgan fingerprint density at radius 2 is 1.79 bits per heavy atom. The van der Waals surface area contributed by atoms with Crippen LogP contribution in [-0.4, -0.2) is 94.0 Å². The highest BCUT2D eigenvalue weighted by Gasteiger charge is 2.34. The van der Waals surface area contributed by atoms with Crippen molar-refractivity contribution in [3.05, 3.63) is 29.3 Å². The molecule has 2 aliphatic heterocycles. The fourth-order valence-electron chi connectivity index (χ4n) is 4.63. The second-order valence-electron chi connectivity index (χ2n) is 9.05. The fraction of sp³-hybridized carbons (Fsp3) is 0.640. The minimum atomic E-state index is -0.488. The second-order valence-corrected chi connectivity index (χ2v) is 9.05. The molecule has 2 bridgehead atoms. The SMILES string of the molecule is CO[C@H]1CC[C@@H]2CCN(C)C(=O)[C@@H](C)[C@H](OC)CN(C)C(=O)c3cccc(C#N)c3OC[C@@H]1O2. The van der Waals surface area contributed by atoms with E-state index in [9.17, 15) is 14.9 Å². The van der Waals surface area contributed by atoms with E-state index in [-0.39, 0.29) is 60.2 Å². The van der Waals surface area contributed by atoms with Crippen molar-refractivity contribution >= 4 is 11.8 Å². The van der Waals surface area contributed by atoms with E-state index in [4.69, 9.17) is 18.9 Å². The predicted molar refractivity (Wildman–Crippen MR) is 125 cm³/mol. The van der Waals surface area contributed by atoms with Gasteiger partial charge in [-0.15, -0.1) is 0 Å². The molecule has 2 aliphatic rings. The lowest BCUT2D eigenvalue weighted by molar-refractivity contribution is -0.147. The molecule has 186 valence electrons. The molecule has 0 aliphatic carbocycles. The lowest BCUT2D eigenvalue weighted by Gasteiger charge is -2.37. The van der Waals surface area contributed by atoms with Crippen LogP contribution >= 0.6 is 0 Å². The van der Waals surface area contributed by atoms with Crippen molar-refractivity contribution in [3.8, 4) is 11.8 Å². The molecule has 1 saturated heterocycles. The Morgan fingerprint density at radius 1 is 1.06 bits per heavy atom. The summed E-state index contributed by atoms with van der Waals surface area (Å²) in [6.07, 6.45) is 1.25. The van der Waals surface area contributed by atoms with Crippen LogP contribution in [0.4, 0.5) is 0 Å². The zero-order valence-corrected chi connectivity index (χ0v) is 20.7. The number of nitriles is 1. The van der Waals surface area contributed by atoms with Crippen LogP contribution in [0.1, 0.15) is 42.1 Å². The zero-order valence-electron chi connectivity index (χ0n) is 20.7. The van der Waals surface area contributed by atoms with Gasteiger partial charge in [-0.05, 0) is 31.4 Å². The summed E-state index contributed by atoms with van der Waals surface area (Å²) in [5, 5.41) is 9.66. The van der Waals surface area contributed by atoms with Crippen molar-refractivity contribution in [1.29, 1.82) is 5.26 Å². The maximum Gasteiger partial charge on any atom is 0.257 e. The number of carbonyl (C=O) groups excluding carboxylic acids is 2. The van der Waals surface area contributed by atoms with Crippen molar-refractivity contribution in [2.24, 2.45) is 5.92 Å². The fourth-order valence-corrected chi connectivity index (χ4v) is 4.63. The van der Waals surface area contributed by atoms with Crippen molar-refractivity contribution in [2.75, 3.05) is 48.0 Å². The molecule has 0 aromatic heterocycles. The van der Waals surface area contributed by atoms with E-state index in [0.717, 1.165) is 12.8 Å². The Morgan fingerprint density at radius 3 is 2.47 bits per heavy atom. The number of likely N-dealkylation sites (N-methyl/N-ethyl adjacent to an activating group) is 1. The molecule has 1 fully saturated rings. The highest BCUT2D eigenvalue weighted by Crippen LogP contribution is 2.29. The maximum absolute atomic E-state index is 13.4. The smallest absolute Gasteiger partial charge is 0.257 e. The third kappa shape index (κ3) is 5.69. The van der Waals surface area contributed by atoms with Gasteiger partial charge in [0.1, 0.15) is 24.5 Å². The van der Waals surface area contributed by atoms with Crippen LogP contribution in [0.5, 0.6) is 5.75 Å². The molecular weight excluding hydrogens is 438 g/mol. The molecule has 0 saturated carbocycles. The lowest BCUT2D eigenvalue weighted by Crippen LogP contribution is -2.47. The average Bonchev–Trinajstić information content (AvgIpc) is 2.86. The average molecular weight is 474 g/mol. The van der Waals surface area contributed by atoms with Gasteiger partial charge >= 0.3 is 0 Å². The van der Waals surface area contributed by atoms with Gasteiger partial charge in [0.05, 0.1) is 35.4 Å². The van der Waals surface area contributed by atoms with Gasteiger partial charge in [-0.25, -0.2) is 0 Å². The molecule has 0 N–H and O–H groups in total. The number of ether oxygens (including phenoxy) is 4. The summed E-state index contributed by atoms with van der Waals surface area (Å²) < 4.78 is 23.6. The molecule has 1 aromatic rings. The van der Waals surface area contributed by atoms with Gasteiger partial charge in [0, 0.05) is 41.4 Å². The van der Waals surface area contributed by atoms with Crippen LogP contribution in [0.25, 0.3) is 0 Å². The number of hydrogen-bond donors (Lipinski definition) is 0. The minimum absolute atomic E-state index is 0.0441. The third-order valence-corrected chi connectivity index (χ3v) is 6.83. The molecular formula is C25H35N3O6. The van der Waals surface area contributed by atoms with Crippen LogP contribution in [-0.2, 0) is 19.0 Å². The summed E-state index contributed by atoms with van der Waals surface area (Å²) in [5.41, 5.74) is 0.552. The van der Waals surface area contributed by atoms with Gasteiger partial charge in [-0.1, -0.05) is 13.0 Å². The topological polar surface area (TPSA) is 101 Å². The number of benzene rings is 1. The first kappa shape index (κ1) is 25.9. The highest BCUT2D eigenvalue weighted by atomic mass is 16.6. The van der Waals surface area contributed by atoms with Gasteiger partial charge in [0.2, 0.25) is 5.91 Å².